The molecule has 1 fully saturated rings. The van der Waals surface area contributed by atoms with Gasteiger partial charge in [-0.2, -0.15) is 0 Å². The number of aliphatic imine (C=N–C) groups is 1. The molecule has 1 aromatic carbocycles. The molecule has 2 N–H and O–H groups in total. The maximum atomic E-state index is 4.22. The zero-order valence-corrected chi connectivity index (χ0v) is 14.3. The van der Waals surface area contributed by atoms with E-state index in [4.69, 9.17) is 0 Å². The molecule has 1 heterocycles. The van der Waals surface area contributed by atoms with Crippen LogP contribution in [0.1, 0.15) is 18.4 Å². The van der Waals surface area contributed by atoms with Crippen LogP contribution in [0, 0.1) is 0 Å². The van der Waals surface area contributed by atoms with Crippen LogP contribution in [0.4, 0.5) is 0 Å². The van der Waals surface area contributed by atoms with E-state index in [0.717, 1.165) is 18.2 Å². The Labute approximate surface area is 141 Å². The second kappa shape index (κ2) is 7.44. The number of guanidine groups is 1. The Hall–Kier alpha value is -1.57. The minimum atomic E-state index is 0. The largest absolute Gasteiger partial charge is 0.354 e. The Bertz CT molecular complexity index is 573. The number of halogens is 1. The first-order chi connectivity index (χ1) is 9.85. The van der Waals surface area contributed by atoms with Crippen LogP contribution >= 0.6 is 24.0 Å². The molecule has 0 unspecified atom stereocenters. The molecule has 2 aromatic rings. The number of aromatic nitrogens is 2. The summed E-state index contributed by atoms with van der Waals surface area (Å²) in [6.45, 7) is 0.774. The van der Waals surface area contributed by atoms with Crippen molar-refractivity contribution in [1.82, 2.24) is 20.2 Å². The summed E-state index contributed by atoms with van der Waals surface area (Å²) >= 11 is 0. The van der Waals surface area contributed by atoms with Gasteiger partial charge in [0, 0.05) is 37.7 Å². The number of hydrogen-bond donors (Lipinski definition) is 2. The third kappa shape index (κ3) is 4.45. The molecule has 5 nitrogen and oxygen atoms in total. The molecule has 1 aliphatic carbocycles. The topological polar surface area (TPSA) is 54.2 Å². The van der Waals surface area contributed by atoms with Crippen LogP contribution < -0.4 is 10.6 Å². The van der Waals surface area contributed by atoms with Crippen molar-refractivity contribution in [2.45, 2.75) is 25.4 Å². The standard InChI is InChI=1S/C15H19N5.HI/c1-16-15(19-13-4-5-13)18-10-12-2-6-14(7-3-12)20-9-8-17-11-20;/h2-3,6-9,11,13H,4-5,10H2,1H3,(H2,16,18,19);1H. The number of hydrogen-bond acceptors (Lipinski definition) is 2. The van der Waals surface area contributed by atoms with Gasteiger partial charge in [-0.15, -0.1) is 24.0 Å². The van der Waals surface area contributed by atoms with Crippen LogP contribution in [0.2, 0.25) is 0 Å². The van der Waals surface area contributed by atoms with Crippen molar-refractivity contribution in [3.8, 4) is 5.69 Å². The lowest BCUT2D eigenvalue weighted by Gasteiger charge is -2.11. The Balaban J connectivity index is 0.00000161. The first kappa shape index (κ1) is 15.8. The molecule has 1 aliphatic rings. The lowest BCUT2D eigenvalue weighted by Crippen LogP contribution is -2.38. The third-order valence-electron chi connectivity index (χ3n) is 3.34. The molecule has 0 aliphatic heterocycles. The van der Waals surface area contributed by atoms with Crippen molar-refractivity contribution in [1.29, 1.82) is 0 Å². The molecule has 0 bridgehead atoms. The molecular formula is C15H20IN5. The number of nitrogens with zero attached hydrogens (tertiary/aromatic N) is 3. The molecule has 21 heavy (non-hydrogen) atoms. The van der Waals surface area contributed by atoms with Crippen molar-refractivity contribution in [3.63, 3.8) is 0 Å². The van der Waals surface area contributed by atoms with E-state index in [1.807, 2.05) is 10.8 Å². The summed E-state index contributed by atoms with van der Waals surface area (Å²) in [6, 6.07) is 9.04. The average molecular weight is 397 g/mol. The van der Waals surface area contributed by atoms with E-state index in [2.05, 4.69) is 44.9 Å². The zero-order valence-electron chi connectivity index (χ0n) is 12.0. The lowest BCUT2D eigenvalue weighted by atomic mass is 10.2. The van der Waals surface area contributed by atoms with E-state index in [0.29, 0.717) is 6.04 Å². The Kier molecular flexibility index (Phi) is 5.60. The van der Waals surface area contributed by atoms with E-state index in [1.165, 1.54) is 18.4 Å². The Morgan fingerprint density at radius 3 is 2.67 bits per heavy atom. The van der Waals surface area contributed by atoms with Gasteiger partial charge in [0.2, 0.25) is 0 Å². The second-order valence-corrected chi connectivity index (χ2v) is 4.98. The molecule has 6 heteroatoms. The summed E-state index contributed by atoms with van der Waals surface area (Å²) in [4.78, 5) is 8.28. The van der Waals surface area contributed by atoms with Gasteiger partial charge in [-0.3, -0.25) is 4.99 Å². The molecule has 0 atom stereocenters. The fraction of sp³-hybridized carbons (Fsp3) is 0.333. The summed E-state index contributed by atoms with van der Waals surface area (Å²) in [6.07, 6.45) is 8.02. The summed E-state index contributed by atoms with van der Waals surface area (Å²) in [5.41, 5.74) is 2.35. The van der Waals surface area contributed by atoms with E-state index in [1.54, 1.807) is 19.6 Å². The van der Waals surface area contributed by atoms with Crippen LogP contribution in [0.5, 0.6) is 0 Å². The first-order valence-electron chi connectivity index (χ1n) is 6.89. The molecule has 3 rings (SSSR count). The number of rotatable bonds is 4. The normalized spacial score (nSPS) is 14.4. The van der Waals surface area contributed by atoms with Crippen LogP contribution in [0.15, 0.2) is 48.0 Å². The maximum Gasteiger partial charge on any atom is 0.191 e. The van der Waals surface area contributed by atoms with Gasteiger partial charge in [-0.1, -0.05) is 12.1 Å². The fourth-order valence-electron chi connectivity index (χ4n) is 2.00. The minimum absolute atomic E-state index is 0. The van der Waals surface area contributed by atoms with Gasteiger partial charge in [0.05, 0.1) is 6.33 Å². The highest BCUT2D eigenvalue weighted by Crippen LogP contribution is 2.18. The first-order valence-corrected chi connectivity index (χ1v) is 6.89. The predicted molar refractivity (Wildman–Crippen MR) is 95.3 cm³/mol. The summed E-state index contributed by atoms with van der Waals surface area (Å²) in [7, 11) is 1.81. The predicted octanol–water partition coefficient (Wildman–Crippen LogP) is 2.32. The molecule has 1 saturated carbocycles. The Morgan fingerprint density at radius 2 is 2.10 bits per heavy atom. The van der Waals surface area contributed by atoms with Crippen LogP contribution in [-0.2, 0) is 6.54 Å². The molecule has 112 valence electrons. The Morgan fingerprint density at radius 1 is 1.33 bits per heavy atom. The van der Waals surface area contributed by atoms with Gasteiger partial charge >= 0.3 is 0 Å². The van der Waals surface area contributed by atoms with Crippen molar-refractivity contribution in [2.75, 3.05) is 7.05 Å². The monoisotopic (exact) mass is 397 g/mol. The lowest BCUT2D eigenvalue weighted by molar-refractivity contribution is 0.805. The van der Waals surface area contributed by atoms with Gasteiger partial charge in [-0.25, -0.2) is 4.98 Å². The average Bonchev–Trinajstić information content (AvgIpc) is 3.14. The zero-order chi connectivity index (χ0) is 13.8. The molecule has 0 spiro atoms. The van der Waals surface area contributed by atoms with Gasteiger partial charge in [0.25, 0.3) is 0 Å². The molecular weight excluding hydrogens is 377 g/mol. The van der Waals surface area contributed by atoms with Crippen molar-refractivity contribution in [3.05, 3.63) is 48.5 Å². The van der Waals surface area contributed by atoms with E-state index in [9.17, 15) is 0 Å². The van der Waals surface area contributed by atoms with Crippen molar-refractivity contribution >= 4 is 29.9 Å². The summed E-state index contributed by atoms with van der Waals surface area (Å²) < 4.78 is 1.99. The highest BCUT2D eigenvalue weighted by atomic mass is 127. The van der Waals surface area contributed by atoms with Gasteiger partial charge in [0.1, 0.15) is 0 Å². The fourth-order valence-corrected chi connectivity index (χ4v) is 2.00. The van der Waals surface area contributed by atoms with E-state index >= 15 is 0 Å². The van der Waals surface area contributed by atoms with E-state index < -0.39 is 0 Å². The number of benzene rings is 1. The van der Waals surface area contributed by atoms with Crippen LogP contribution in [-0.4, -0.2) is 28.6 Å². The summed E-state index contributed by atoms with van der Waals surface area (Å²) in [5, 5.41) is 6.70. The SMILES string of the molecule is CN=C(NCc1ccc(-n2ccnc2)cc1)NC1CC1.I. The van der Waals surface area contributed by atoms with Crippen molar-refractivity contribution in [2.24, 2.45) is 4.99 Å². The quantitative estimate of drug-likeness (QED) is 0.473. The molecule has 0 radical (unpaired) electrons. The van der Waals surface area contributed by atoms with Crippen LogP contribution in [0.3, 0.4) is 0 Å². The molecule has 0 amide bonds. The van der Waals surface area contributed by atoms with Gasteiger partial charge < -0.3 is 15.2 Å². The number of nitrogens with one attached hydrogen (secondary N) is 2. The number of imidazole rings is 1. The second-order valence-electron chi connectivity index (χ2n) is 4.98. The van der Waals surface area contributed by atoms with Gasteiger partial charge in [-0.05, 0) is 30.5 Å². The third-order valence-corrected chi connectivity index (χ3v) is 3.34. The molecule has 1 aromatic heterocycles. The minimum Gasteiger partial charge on any atom is -0.354 e. The van der Waals surface area contributed by atoms with Crippen LogP contribution in [0.25, 0.3) is 5.69 Å². The maximum absolute atomic E-state index is 4.22. The molecule has 0 saturated heterocycles. The van der Waals surface area contributed by atoms with Gasteiger partial charge in [0.15, 0.2) is 5.96 Å². The highest BCUT2D eigenvalue weighted by molar-refractivity contribution is 14.0. The summed E-state index contributed by atoms with van der Waals surface area (Å²) in [5.74, 6) is 0.881. The highest BCUT2D eigenvalue weighted by Gasteiger charge is 2.21. The van der Waals surface area contributed by atoms with Crippen molar-refractivity contribution < 1.29 is 0 Å². The smallest absolute Gasteiger partial charge is 0.191 e. The van der Waals surface area contributed by atoms with E-state index in [-0.39, 0.29) is 24.0 Å².